The molecule has 21 heavy (non-hydrogen) atoms. The lowest BCUT2D eigenvalue weighted by Gasteiger charge is -2.38. The summed E-state index contributed by atoms with van der Waals surface area (Å²) in [5, 5.41) is 3.32. The monoisotopic (exact) mass is 291 g/mol. The van der Waals surface area contributed by atoms with E-state index in [4.69, 9.17) is 0 Å². The van der Waals surface area contributed by atoms with Crippen molar-refractivity contribution < 1.29 is 9.18 Å². The zero-order chi connectivity index (χ0) is 14.7. The second kappa shape index (κ2) is 6.43. The number of rotatable bonds is 2. The number of hydrogen-bond donors (Lipinski definition) is 1. The Morgan fingerprint density at radius 1 is 1.10 bits per heavy atom. The molecule has 4 nitrogen and oxygen atoms in total. The quantitative estimate of drug-likeness (QED) is 0.899. The molecule has 0 aromatic heterocycles. The molecule has 0 spiro atoms. The van der Waals surface area contributed by atoms with Crippen LogP contribution in [0.25, 0.3) is 0 Å². The van der Waals surface area contributed by atoms with Crippen molar-refractivity contribution in [1.29, 1.82) is 0 Å². The van der Waals surface area contributed by atoms with Crippen LogP contribution in [0.1, 0.15) is 19.3 Å². The van der Waals surface area contributed by atoms with Gasteiger partial charge in [-0.05, 0) is 43.7 Å². The van der Waals surface area contributed by atoms with Crippen LogP contribution in [0.2, 0.25) is 0 Å². The van der Waals surface area contributed by atoms with E-state index in [0.717, 1.165) is 51.3 Å². The molecule has 0 aliphatic carbocycles. The van der Waals surface area contributed by atoms with Crippen molar-refractivity contribution in [2.24, 2.45) is 0 Å². The van der Waals surface area contributed by atoms with Gasteiger partial charge in [-0.1, -0.05) is 6.42 Å². The molecule has 5 heteroatoms. The average Bonchev–Trinajstić information content (AvgIpc) is 2.56. The Morgan fingerprint density at radius 2 is 1.81 bits per heavy atom. The van der Waals surface area contributed by atoms with Gasteiger partial charge in [-0.15, -0.1) is 0 Å². The number of carbonyl (C=O) groups excluding carboxylic acids is 1. The van der Waals surface area contributed by atoms with E-state index in [-0.39, 0.29) is 17.8 Å². The zero-order valence-corrected chi connectivity index (χ0v) is 12.2. The van der Waals surface area contributed by atoms with Crippen LogP contribution < -0.4 is 10.2 Å². The molecule has 1 amide bonds. The first-order valence-electron chi connectivity index (χ1n) is 7.77. The van der Waals surface area contributed by atoms with Gasteiger partial charge in [0.2, 0.25) is 5.91 Å². The zero-order valence-electron chi connectivity index (χ0n) is 12.2. The number of piperidine rings is 1. The Bertz CT molecular complexity index is 477. The van der Waals surface area contributed by atoms with Gasteiger partial charge >= 0.3 is 0 Å². The average molecular weight is 291 g/mol. The van der Waals surface area contributed by atoms with E-state index in [1.54, 1.807) is 12.1 Å². The van der Waals surface area contributed by atoms with Crippen LogP contribution in [0, 0.1) is 5.82 Å². The molecule has 2 heterocycles. The normalized spacial score (nSPS) is 23.2. The van der Waals surface area contributed by atoms with Crippen LogP contribution in [-0.2, 0) is 4.79 Å². The number of benzene rings is 1. The summed E-state index contributed by atoms with van der Waals surface area (Å²) < 4.78 is 12.9. The van der Waals surface area contributed by atoms with Gasteiger partial charge in [0, 0.05) is 31.9 Å². The fourth-order valence-electron chi connectivity index (χ4n) is 3.12. The Morgan fingerprint density at radius 3 is 2.43 bits per heavy atom. The maximum atomic E-state index is 12.9. The lowest BCUT2D eigenvalue weighted by atomic mass is 10.0. The largest absolute Gasteiger partial charge is 0.368 e. The van der Waals surface area contributed by atoms with Crippen molar-refractivity contribution in [2.45, 2.75) is 25.3 Å². The summed E-state index contributed by atoms with van der Waals surface area (Å²) in [5.41, 5.74) is 1.03. The van der Waals surface area contributed by atoms with Crippen molar-refractivity contribution in [2.75, 3.05) is 37.6 Å². The number of hydrogen-bond acceptors (Lipinski definition) is 3. The van der Waals surface area contributed by atoms with Crippen LogP contribution in [0.3, 0.4) is 0 Å². The molecule has 0 radical (unpaired) electrons. The summed E-state index contributed by atoms with van der Waals surface area (Å²) in [6.07, 6.45) is 3.26. The third kappa shape index (κ3) is 3.35. The van der Waals surface area contributed by atoms with Crippen molar-refractivity contribution in [3.8, 4) is 0 Å². The number of halogens is 1. The standard InChI is InChI=1S/C16H22FN3O/c17-13-4-6-14(7-5-13)19-9-11-20(12-10-19)16(21)15-3-1-2-8-18-15/h4-7,15,18H,1-3,8-12H2/t15-/m1/s1. The van der Waals surface area contributed by atoms with Gasteiger partial charge in [-0.3, -0.25) is 4.79 Å². The number of piperazine rings is 1. The predicted octanol–water partition coefficient (Wildman–Crippen LogP) is 1.62. The van der Waals surface area contributed by atoms with Gasteiger partial charge in [0.25, 0.3) is 0 Å². The molecular weight excluding hydrogens is 269 g/mol. The lowest BCUT2D eigenvalue weighted by molar-refractivity contribution is -0.134. The van der Waals surface area contributed by atoms with Crippen molar-refractivity contribution in [1.82, 2.24) is 10.2 Å². The Balaban J connectivity index is 1.54. The van der Waals surface area contributed by atoms with E-state index in [1.807, 2.05) is 4.90 Å². The molecule has 2 aliphatic rings. The molecule has 1 aromatic carbocycles. The first-order chi connectivity index (χ1) is 10.2. The summed E-state index contributed by atoms with van der Waals surface area (Å²) in [6, 6.07) is 6.58. The minimum absolute atomic E-state index is 0.0103. The van der Waals surface area contributed by atoms with E-state index >= 15 is 0 Å². The highest BCUT2D eigenvalue weighted by Crippen LogP contribution is 2.18. The van der Waals surface area contributed by atoms with E-state index in [1.165, 1.54) is 18.6 Å². The molecule has 0 saturated carbocycles. The van der Waals surface area contributed by atoms with E-state index in [0.29, 0.717) is 0 Å². The van der Waals surface area contributed by atoms with Gasteiger partial charge in [-0.25, -0.2) is 4.39 Å². The minimum atomic E-state index is -0.212. The van der Waals surface area contributed by atoms with E-state index < -0.39 is 0 Å². The first-order valence-corrected chi connectivity index (χ1v) is 7.77. The topological polar surface area (TPSA) is 35.6 Å². The molecule has 3 rings (SSSR count). The molecule has 1 aromatic rings. The number of carbonyl (C=O) groups is 1. The lowest BCUT2D eigenvalue weighted by Crippen LogP contribution is -2.55. The van der Waals surface area contributed by atoms with Crippen molar-refractivity contribution in [3.63, 3.8) is 0 Å². The molecular formula is C16H22FN3O. The number of anilines is 1. The van der Waals surface area contributed by atoms with Crippen LogP contribution in [-0.4, -0.2) is 49.6 Å². The van der Waals surface area contributed by atoms with Crippen molar-refractivity contribution in [3.05, 3.63) is 30.1 Å². The Hall–Kier alpha value is -1.62. The number of nitrogens with zero attached hydrogens (tertiary/aromatic N) is 2. The molecule has 114 valence electrons. The van der Waals surface area contributed by atoms with Crippen LogP contribution in [0.5, 0.6) is 0 Å². The smallest absolute Gasteiger partial charge is 0.239 e. The fourth-order valence-corrected chi connectivity index (χ4v) is 3.12. The maximum absolute atomic E-state index is 12.9. The molecule has 2 aliphatic heterocycles. The van der Waals surface area contributed by atoms with E-state index in [9.17, 15) is 9.18 Å². The molecule has 0 bridgehead atoms. The number of amides is 1. The van der Waals surface area contributed by atoms with Crippen LogP contribution >= 0.6 is 0 Å². The molecule has 2 saturated heterocycles. The van der Waals surface area contributed by atoms with Crippen LogP contribution in [0.15, 0.2) is 24.3 Å². The van der Waals surface area contributed by atoms with Gasteiger partial charge < -0.3 is 15.1 Å². The second-order valence-electron chi connectivity index (χ2n) is 5.79. The highest BCUT2D eigenvalue weighted by atomic mass is 19.1. The maximum Gasteiger partial charge on any atom is 0.239 e. The van der Waals surface area contributed by atoms with Gasteiger partial charge in [0.15, 0.2) is 0 Å². The summed E-state index contributed by atoms with van der Waals surface area (Å²) in [4.78, 5) is 16.6. The summed E-state index contributed by atoms with van der Waals surface area (Å²) >= 11 is 0. The number of nitrogens with one attached hydrogen (secondary N) is 1. The fraction of sp³-hybridized carbons (Fsp3) is 0.562. The summed E-state index contributed by atoms with van der Waals surface area (Å²) in [7, 11) is 0. The summed E-state index contributed by atoms with van der Waals surface area (Å²) in [5.74, 6) is 0.0318. The van der Waals surface area contributed by atoms with Gasteiger partial charge in [-0.2, -0.15) is 0 Å². The van der Waals surface area contributed by atoms with Gasteiger partial charge in [0.1, 0.15) is 5.82 Å². The minimum Gasteiger partial charge on any atom is -0.368 e. The molecule has 2 fully saturated rings. The molecule has 1 N–H and O–H groups in total. The Labute approximate surface area is 124 Å². The Kier molecular flexibility index (Phi) is 4.39. The molecule has 0 unspecified atom stereocenters. The van der Waals surface area contributed by atoms with E-state index in [2.05, 4.69) is 10.2 Å². The van der Waals surface area contributed by atoms with Gasteiger partial charge in [0.05, 0.1) is 6.04 Å². The second-order valence-corrected chi connectivity index (χ2v) is 5.79. The third-order valence-electron chi connectivity index (χ3n) is 4.39. The van der Waals surface area contributed by atoms with Crippen LogP contribution in [0.4, 0.5) is 10.1 Å². The SMILES string of the molecule is O=C([C@H]1CCCCN1)N1CCN(c2ccc(F)cc2)CC1. The van der Waals surface area contributed by atoms with Crippen molar-refractivity contribution >= 4 is 11.6 Å². The molecule has 1 atom stereocenters. The first kappa shape index (κ1) is 14.3. The highest BCUT2D eigenvalue weighted by molar-refractivity contribution is 5.82. The predicted molar refractivity (Wildman–Crippen MR) is 80.8 cm³/mol. The summed E-state index contributed by atoms with van der Waals surface area (Å²) in [6.45, 7) is 4.06. The highest BCUT2D eigenvalue weighted by Gasteiger charge is 2.28. The third-order valence-corrected chi connectivity index (χ3v) is 4.39.